The number of carbonyl (C=O) groups excluding carboxylic acids is 1. The van der Waals surface area contributed by atoms with E-state index >= 15 is 0 Å². The SMILES string of the molecule is C/C(=N\NC(=O)c1cc(-c2cccc3ccccc23)n[nH]1)c1ccccc1O. The Morgan fingerprint density at radius 3 is 2.64 bits per heavy atom. The van der Waals surface area contributed by atoms with E-state index in [-0.39, 0.29) is 5.75 Å². The smallest absolute Gasteiger partial charge is 0.289 e. The molecule has 6 nitrogen and oxygen atoms in total. The van der Waals surface area contributed by atoms with Crippen LogP contribution in [-0.4, -0.2) is 26.9 Å². The highest BCUT2D eigenvalue weighted by Crippen LogP contribution is 2.27. The maximum absolute atomic E-state index is 12.4. The standard InChI is InChI=1S/C22H18N4O2/c1-14(16-9-4-5-12-21(16)27)23-26-22(28)20-13-19(24-25-20)18-11-6-8-15-7-2-3-10-17(15)18/h2-13,27H,1H3,(H,24,25)(H,26,28)/b23-14+. The quantitative estimate of drug-likeness (QED) is 0.373. The molecule has 6 heteroatoms. The Labute approximate surface area is 161 Å². The van der Waals surface area contributed by atoms with Crippen LogP contribution in [0, 0.1) is 0 Å². The highest BCUT2D eigenvalue weighted by molar-refractivity contribution is 6.02. The number of hydrogen-bond donors (Lipinski definition) is 3. The van der Waals surface area contributed by atoms with Crippen LogP contribution >= 0.6 is 0 Å². The largest absolute Gasteiger partial charge is 0.507 e. The number of fused-ring (bicyclic) bond motifs is 1. The van der Waals surface area contributed by atoms with Crippen molar-refractivity contribution in [2.45, 2.75) is 6.92 Å². The van der Waals surface area contributed by atoms with Gasteiger partial charge in [0.2, 0.25) is 0 Å². The number of H-pyrrole nitrogens is 1. The van der Waals surface area contributed by atoms with Crippen LogP contribution in [0.3, 0.4) is 0 Å². The molecule has 28 heavy (non-hydrogen) atoms. The monoisotopic (exact) mass is 370 g/mol. The molecule has 4 rings (SSSR count). The van der Waals surface area contributed by atoms with Crippen LogP contribution in [0.2, 0.25) is 0 Å². The summed E-state index contributed by atoms with van der Waals surface area (Å²) in [7, 11) is 0. The molecule has 0 spiro atoms. The molecule has 138 valence electrons. The van der Waals surface area contributed by atoms with Gasteiger partial charge in [0.05, 0.1) is 11.4 Å². The maximum Gasteiger partial charge on any atom is 0.289 e. The number of benzene rings is 3. The van der Waals surface area contributed by atoms with Crippen molar-refractivity contribution in [1.82, 2.24) is 15.6 Å². The van der Waals surface area contributed by atoms with E-state index in [1.54, 1.807) is 37.3 Å². The summed E-state index contributed by atoms with van der Waals surface area (Å²) in [5.74, 6) is -0.300. The number of aromatic hydroxyl groups is 1. The molecular weight excluding hydrogens is 352 g/mol. The van der Waals surface area contributed by atoms with Crippen molar-refractivity contribution in [2.24, 2.45) is 5.10 Å². The van der Waals surface area contributed by atoms with E-state index in [0.29, 0.717) is 22.7 Å². The van der Waals surface area contributed by atoms with Gasteiger partial charge in [-0.3, -0.25) is 9.89 Å². The average molecular weight is 370 g/mol. The van der Waals surface area contributed by atoms with Crippen molar-refractivity contribution in [2.75, 3.05) is 0 Å². The maximum atomic E-state index is 12.4. The van der Waals surface area contributed by atoms with E-state index in [1.807, 2.05) is 42.5 Å². The molecule has 1 heterocycles. The molecule has 0 bridgehead atoms. The summed E-state index contributed by atoms with van der Waals surface area (Å²) in [6.45, 7) is 1.71. The molecule has 0 aliphatic carbocycles. The van der Waals surface area contributed by atoms with Crippen LogP contribution in [-0.2, 0) is 0 Å². The first-order valence-electron chi connectivity index (χ1n) is 8.80. The molecule has 1 amide bonds. The Kier molecular flexibility index (Phi) is 4.60. The average Bonchev–Trinajstić information content (AvgIpc) is 3.22. The first kappa shape index (κ1) is 17.5. The van der Waals surface area contributed by atoms with Gasteiger partial charge in [-0.1, -0.05) is 54.6 Å². The predicted molar refractivity (Wildman–Crippen MR) is 109 cm³/mol. The van der Waals surface area contributed by atoms with Gasteiger partial charge in [-0.2, -0.15) is 10.2 Å². The zero-order valence-corrected chi connectivity index (χ0v) is 15.2. The molecule has 0 fully saturated rings. The lowest BCUT2D eigenvalue weighted by Gasteiger charge is -2.04. The molecule has 0 atom stereocenters. The number of para-hydroxylation sites is 1. The van der Waals surface area contributed by atoms with Crippen LogP contribution in [0.1, 0.15) is 23.0 Å². The highest BCUT2D eigenvalue weighted by Gasteiger charge is 2.13. The van der Waals surface area contributed by atoms with Gasteiger partial charge >= 0.3 is 0 Å². The summed E-state index contributed by atoms with van der Waals surface area (Å²) in [6.07, 6.45) is 0. The Bertz CT molecular complexity index is 1190. The van der Waals surface area contributed by atoms with Crippen LogP contribution in [0.25, 0.3) is 22.0 Å². The van der Waals surface area contributed by atoms with Crippen molar-refractivity contribution in [3.8, 4) is 17.0 Å². The molecule has 1 aromatic heterocycles. The minimum Gasteiger partial charge on any atom is -0.507 e. The van der Waals surface area contributed by atoms with Gasteiger partial charge in [-0.15, -0.1) is 0 Å². The fourth-order valence-corrected chi connectivity index (χ4v) is 3.06. The Morgan fingerprint density at radius 1 is 1.04 bits per heavy atom. The topological polar surface area (TPSA) is 90.4 Å². The van der Waals surface area contributed by atoms with Gasteiger partial charge in [-0.25, -0.2) is 5.43 Å². The molecule has 3 aromatic carbocycles. The van der Waals surface area contributed by atoms with Crippen LogP contribution < -0.4 is 5.43 Å². The fourth-order valence-electron chi connectivity index (χ4n) is 3.06. The molecule has 0 unspecified atom stereocenters. The van der Waals surface area contributed by atoms with E-state index in [1.165, 1.54) is 0 Å². The van der Waals surface area contributed by atoms with Crippen LogP contribution in [0.15, 0.2) is 77.9 Å². The lowest BCUT2D eigenvalue weighted by Crippen LogP contribution is -2.19. The number of aromatic amines is 1. The summed E-state index contributed by atoms with van der Waals surface area (Å²) < 4.78 is 0. The minimum absolute atomic E-state index is 0.109. The molecule has 3 N–H and O–H groups in total. The van der Waals surface area contributed by atoms with Crippen LogP contribution in [0.4, 0.5) is 0 Å². The number of aromatic nitrogens is 2. The molecule has 0 saturated heterocycles. The van der Waals surface area contributed by atoms with E-state index in [9.17, 15) is 9.90 Å². The number of hydrogen-bond acceptors (Lipinski definition) is 4. The fraction of sp³-hybridized carbons (Fsp3) is 0.0455. The van der Waals surface area contributed by atoms with Crippen molar-refractivity contribution >= 4 is 22.4 Å². The lowest BCUT2D eigenvalue weighted by molar-refractivity contribution is 0.0950. The second-order valence-corrected chi connectivity index (χ2v) is 6.35. The van der Waals surface area contributed by atoms with E-state index in [0.717, 1.165) is 16.3 Å². The first-order valence-corrected chi connectivity index (χ1v) is 8.80. The normalized spacial score (nSPS) is 11.5. The Balaban J connectivity index is 1.57. The van der Waals surface area contributed by atoms with Gasteiger partial charge < -0.3 is 5.11 Å². The molecular formula is C22H18N4O2. The number of carbonyl (C=O) groups is 1. The number of phenolic OH excluding ortho intramolecular Hbond substituents is 1. The second kappa shape index (κ2) is 7.36. The van der Waals surface area contributed by atoms with Crippen molar-refractivity contribution in [3.63, 3.8) is 0 Å². The van der Waals surface area contributed by atoms with Crippen molar-refractivity contribution in [1.29, 1.82) is 0 Å². The third-order valence-corrected chi connectivity index (χ3v) is 4.51. The van der Waals surface area contributed by atoms with Crippen molar-refractivity contribution in [3.05, 3.63) is 84.1 Å². The molecule has 0 radical (unpaired) electrons. The van der Waals surface area contributed by atoms with E-state index in [2.05, 4.69) is 20.7 Å². The Hall–Kier alpha value is -3.93. The second-order valence-electron chi connectivity index (χ2n) is 6.35. The zero-order chi connectivity index (χ0) is 19.5. The van der Waals surface area contributed by atoms with Gasteiger partial charge in [0.25, 0.3) is 5.91 Å². The molecule has 0 aliphatic heterocycles. The number of rotatable bonds is 4. The summed E-state index contributed by atoms with van der Waals surface area (Å²) in [5, 5.41) is 23.2. The summed E-state index contributed by atoms with van der Waals surface area (Å²) in [5.41, 5.74) is 5.49. The van der Waals surface area contributed by atoms with Gasteiger partial charge in [0.15, 0.2) is 0 Å². The summed E-state index contributed by atoms with van der Waals surface area (Å²) in [4.78, 5) is 12.4. The van der Waals surface area contributed by atoms with Crippen LogP contribution in [0.5, 0.6) is 5.75 Å². The molecule has 4 aromatic rings. The number of nitrogens with zero attached hydrogens (tertiary/aromatic N) is 2. The number of amides is 1. The number of nitrogens with one attached hydrogen (secondary N) is 2. The van der Waals surface area contributed by atoms with Gasteiger partial charge in [0, 0.05) is 11.1 Å². The highest BCUT2D eigenvalue weighted by atomic mass is 16.3. The zero-order valence-electron chi connectivity index (χ0n) is 15.2. The van der Waals surface area contributed by atoms with Crippen molar-refractivity contribution < 1.29 is 9.90 Å². The summed E-state index contributed by atoms with van der Waals surface area (Å²) >= 11 is 0. The van der Waals surface area contributed by atoms with E-state index in [4.69, 9.17) is 0 Å². The third-order valence-electron chi connectivity index (χ3n) is 4.51. The molecule has 0 aliphatic rings. The van der Waals surface area contributed by atoms with Gasteiger partial charge in [-0.05, 0) is 35.9 Å². The molecule has 0 saturated carbocycles. The predicted octanol–water partition coefficient (Wildman–Crippen LogP) is 4.09. The summed E-state index contributed by atoms with van der Waals surface area (Å²) in [6, 6.07) is 22.5. The number of phenols is 1. The number of hydrazone groups is 1. The third kappa shape index (κ3) is 3.35. The minimum atomic E-state index is -0.409. The van der Waals surface area contributed by atoms with Gasteiger partial charge in [0.1, 0.15) is 11.4 Å². The first-order chi connectivity index (χ1) is 13.6. The van der Waals surface area contributed by atoms with E-state index < -0.39 is 5.91 Å². The lowest BCUT2D eigenvalue weighted by atomic mass is 10.0. The Morgan fingerprint density at radius 2 is 1.79 bits per heavy atom.